The number of aryl methyl sites for hydroxylation is 1. The summed E-state index contributed by atoms with van der Waals surface area (Å²) in [5, 5.41) is 5.83. The van der Waals surface area contributed by atoms with E-state index in [9.17, 15) is 18.0 Å². The molecule has 3 aromatic rings. The Hall–Kier alpha value is -3.01. The van der Waals surface area contributed by atoms with Crippen LogP contribution in [0, 0.1) is 18.3 Å². The molecule has 33 heavy (non-hydrogen) atoms. The molecule has 0 bridgehead atoms. The highest BCUT2D eigenvalue weighted by atomic mass is 32.1. The Morgan fingerprint density at radius 2 is 2.06 bits per heavy atom. The van der Waals surface area contributed by atoms with Crippen LogP contribution in [0.4, 0.5) is 19.0 Å². The third-order valence-corrected chi connectivity index (χ3v) is 7.97. The second-order valence-corrected chi connectivity index (χ2v) is 10.0. The fourth-order valence-electron chi connectivity index (χ4n) is 5.58. The van der Waals surface area contributed by atoms with E-state index >= 15 is 0 Å². The number of aromatic nitrogens is 3. The summed E-state index contributed by atoms with van der Waals surface area (Å²) < 4.78 is 38.5. The van der Waals surface area contributed by atoms with Gasteiger partial charge in [0.25, 0.3) is 5.91 Å². The van der Waals surface area contributed by atoms with Gasteiger partial charge in [0.15, 0.2) is 0 Å². The predicted molar refractivity (Wildman–Crippen MR) is 117 cm³/mol. The number of carbonyl (C=O) groups is 1. The van der Waals surface area contributed by atoms with Gasteiger partial charge >= 0.3 is 6.18 Å². The van der Waals surface area contributed by atoms with Crippen molar-refractivity contribution in [2.45, 2.75) is 38.0 Å². The van der Waals surface area contributed by atoms with E-state index in [0.717, 1.165) is 30.8 Å². The lowest BCUT2D eigenvalue weighted by molar-refractivity contribution is -0.137. The minimum atomic E-state index is -4.42. The Bertz CT molecular complexity index is 1230. The van der Waals surface area contributed by atoms with Crippen molar-refractivity contribution < 1.29 is 18.0 Å². The van der Waals surface area contributed by atoms with Gasteiger partial charge in [-0.3, -0.25) is 4.79 Å². The standard InChI is InChI=1S/C23H20F3N5OS/c1-12-2-4-15(18(29-12)20-27-6-7-33-20)21(32)31-11-14-8-22(14)9-16(19(22)31)30-17-5-3-13(10-28-17)23(24,25)26/h2-7,10,14,16,19H,8-9,11H2,1H3,(H,28,30). The first-order chi connectivity index (χ1) is 15.8. The van der Waals surface area contributed by atoms with E-state index in [1.54, 1.807) is 6.20 Å². The molecule has 1 N–H and O–H groups in total. The van der Waals surface area contributed by atoms with Crippen molar-refractivity contribution in [3.05, 3.63) is 58.9 Å². The second kappa shape index (κ2) is 6.99. The molecule has 4 atom stereocenters. The minimum absolute atomic E-state index is 0.00968. The molecule has 0 radical (unpaired) electrons. The van der Waals surface area contributed by atoms with Crippen molar-refractivity contribution >= 4 is 23.1 Å². The molecule has 2 saturated carbocycles. The number of carbonyl (C=O) groups excluding carboxylic acids is 1. The van der Waals surface area contributed by atoms with Crippen molar-refractivity contribution in [3.63, 3.8) is 0 Å². The van der Waals surface area contributed by atoms with Crippen molar-refractivity contribution in [2.75, 3.05) is 11.9 Å². The van der Waals surface area contributed by atoms with E-state index < -0.39 is 11.7 Å². The van der Waals surface area contributed by atoms with Crippen molar-refractivity contribution in [1.82, 2.24) is 19.9 Å². The summed E-state index contributed by atoms with van der Waals surface area (Å²) in [6, 6.07) is 5.97. The zero-order chi connectivity index (χ0) is 23.0. The number of halogens is 3. The van der Waals surface area contributed by atoms with Crippen LogP contribution < -0.4 is 5.32 Å². The number of likely N-dealkylation sites (tertiary alicyclic amines) is 1. The molecule has 2 aliphatic carbocycles. The van der Waals surface area contributed by atoms with Gasteiger partial charge in [0.1, 0.15) is 16.5 Å². The number of piperidine rings is 1. The molecule has 1 aliphatic heterocycles. The van der Waals surface area contributed by atoms with Crippen LogP contribution in [0.15, 0.2) is 42.0 Å². The molecule has 4 heterocycles. The van der Waals surface area contributed by atoms with Crippen LogP contribution in [0.2, 0.25) is 0 Å². The smallest absolute Gasteiger partial charge is 0.365 e. The highest BCUT2D eigenvalue weighted by molar-refractivity contribution is 7.13. The van der Waals surface area contributed by atoms with Crippen LogP contribution in [0.3, 0.4) is 0 Å². The van der Waals surface area contributed by atoms with E-state index in [2.05, 4.69) is 20.3 Å². The summed E-state index contributed by atoms with van der Waals surface area (Å²) in [6.45, 7) is 2.57. The van der Waals surface area contributed by atoms with E-state index in [0.29, 0.717) is 34.5 Å². The molecule has 3 fully saturated rings. The molecule has 3 aromatic heterocycles. The van der Waals surface area contributed by atoms with E-state index in [1.807, 2.05) is 29.3 Å². The van der Waals surface area contributed by atoms with Crippen LogP contribution in [0.25, 0.3) is 10.7 Å². The molecule has 170 valence electrons. The van der Waals surface area contributed by atoms with Gasteiger partial charge in [-0.15, -0.1) is 11.3 Å². The number of hydrogen-bond donors (Lipinski definition) is 1. The number of rotatable bonds is 4. The topological polar surface area (TPSA) is 71.0 Å². The molecule has 6 nitrogen and oxygen atoms in total. The summed E-state index contributed by atoms with van der Waals surface area (Å²) in [5.41, 5.74) is 1.29. The zero-order valence-corrected chi connectivity index (χ0v) is 18.5. The van der Waals surface area contributed by atoms with E-state index in [1.165, 1.54) is 17.4 Å². The van der Waals surface area contributed by atoms with Gasteiger partial charge in [-0.1, -0.05) is 0 Å². The number of thiazole rings is 1. The molecule has 1 saturated heterocycles. The van der Waals surface area contributed by atoms with Crippen LogP contribution in [-0.2, 0) is 6.18 Å². The summed E-state index contributed by atoms with van der Waals surface area (Å²) >= 11 is 1.44. The number of alkyl halides is 3. The summed E-state index contributed by atoms with van der Waals surface area (Å²) in [6.07, 6.45) is 0.0960. The maximum absolute atomic E-state index is 13.7. The van der Waals surface area contributed by atoms with Crippen molar-refractivity contribution in [2.24, 2.45) is 11.3 Å². The molecule has 3 aliphatic rings. The molecule has 6 rings (SSSR count). The monoisotopic (exact) mass is 471 g/mol. The number of anilines is 1. The number of pyridine rings is 2. The van der Waals surface area contributed by atoms with E-state index in [4.69, 9.17) is 0 Å². The lowest BCUT2D eigenvalue weighted by atomic mass is 9.71. The molecule has 1 spiro atoms. The Balaban J connectivity index is 1.25. The molecule has 4 unspecified atom stereocenters. The van der Waals surface area contributed by atoms with Gasteiger partial charge in [0.05, 0.1) is 17.2 Å². The fourth-order valence-corrected chi connectivity index (χ4v) is 6.22. The van der Waals surface area contributed by atoms with Crippen LogP contribution >= 0.6 is 11.3 Å². The molecular formula is C23H20F3N5OS. The van der Waals surface area contributed by atoms with Gasteiger partial charge in [-0.25, -0.2) is 15.0 Å². The number of nitrogens with one attached hydrogen (secondary N) is 1. The average Bonchev–Trinajstić information content (AvgIpc) is 3.14. The Morgan fingerprint density at radius 3 is 2.76 bits per heavy atom. The normalized spacial score (nSPS) is 27.5. The first-order valence-corrected chi connectivity index (χ1v) is 11.6. The average molecular weight is 472 g/mol. The van der Waals surface area contributed by atoms with Crippen LogP contribution in [0.1, 0.15) is 34.5 Å². The van der Waals surface area contributed by atoms with Gasteiger partial charge in [0, 0.05) is 36.1 Å². The third-order valence-electron chi connectivity index (χ3n) is 7.19. The SMILES string of the molecule is Cc1ccc(C(=O)N2CC3CC34CC(Nc3ccc(C(F)(F)F)cn3)C24)c(-c2nccs2)n1. The summed E-state index contributed by atoms with van der Waals surface area (Å²) in [7, 11) is 0. The van der Waals surface area contributed by atoms with Crippen LogP contribution in [-0.4, -0.2) is 44.4 Å². The lowest BCUT2D eigenvalue weighted by Gasteiger charge is -2.48. The van der Waals surface area contributed by atoms with Gasteiger partial charge in [0.2, 0.25) is 0 Å². The zero-order valence-electron chi connectivity index (χ0n) is 17.6. The van der Waals surface area contributed by atoms with Crippen molar-refractivity contribution in [1.29, 1.82) is 0 Å². The third kappa shape index (κ3) is 3.22. The molecule has 0 aromatic carbocycles. The number of amides is 1. The Kier molecular flexibility index (Phi) is 4.36. The highest BCUT2D eigenvalue weighted by Crippen LogP contribution is 2.71. The van der Waals surface area contributed by atoms with E-state index in [-0.39, 0.29) is 23.4 Å². The number of nitrogens with zero attached hydrogens (tertiary/aromatic N) is 4. The van der Waals surface area contributed by atoms with Gasteiger partial charge in [-0.05, 0) is 55.4 Å². The summed E-state index contributed by atoms with van der Waals surface area (Å²) in [5.74, 6) is 0.794. The lowest BCUT2D eigenvalue weighted by Crippen LogP contribution is -2.60. The molecule has 1 amide bonds. The first kappa shape index (κ1) is 20.6. The Morgan fingerprint density at radius 1 is 1.21 bits per heavy atom. The van der Waals surface area contributed by atoms with Crippen molar-refractivity contribution in [3.8, 4) is 10.7 Å². The highest BCUT2D eigenvalue weighted by Gasteiger charge is 2.75. The first-order valence-electron chi connectivity index (χ1n) is 10.7. The maximum Gasteiger partial charge on any atom is 0.417 e. The quantitative estimate of drug-likeness (QED) is 0.600. The molecular weight excluding hydrogens is 451 g/mol. The number of hydrogen-bond acceptors (Lipinski definition) is 6. The largest absolute Gasteiger partial charge is 0.417 e. The fraction of sp³-hybridized carbons (Fsp3) is 0.391. The Labute approximate surface area is 191 Å². The predicted octanol–water partition coefficient (Wildman–Crippen LogP) is 4.64. The van der Waals surface area contributed by atoms with Crippen LogP contribution in [0.5, 0.6) is 0 Å². The second-order valence-electron chi connectivity index (χ2n) is 9.11. The minimum Gasteiger partial charge on any atom is -0.365 e. The summed E-state index contributed by atoms with van der Waals surface area (Å²) in [4.78, 5) is 28.5. The maximum atomic E-state index is 13.7. The van der Waals surface area contributed by atoms with Gasteiger partial charge in [-0.2, -0.15) is 13.2 Å². The van der Waals surface area contributed by atoms with Gasteiger partial charge < -0.3 is 10.2 Å². The molecule has 10 heteroatoms.